The highest BCUT2D eigenvalue weighted by atomic mass is 16.3. The molecule has 0 aromatic carbocycles. The van der Waals surface area contributed by atoms with E-state index in [-0.39, 0.29) is 6.04 Å². The molecule has 4 atom stereocenters. The molecule has 4 nitrogen and oxygen atoms in total. The molecule has 2 rings (SSSR count). The van der Waals surface area contributed by atoms with E-state index in [1.165, 1.54) is 0 Å². The molecule has 2 heterocycles. The highest BCUT2D eigenvalue weighted by molar-refractivity contribution is 5.52. The van der Waals surface area contributed by atoms with Crippen molar-refractivity contribution >= 4 is 6.21 Å². The summed E-state index contributed by atoms with van der Waals surface area (Å²) in [6, 6.07) is -0.284. The van der Waals surface area contributed by atoms with Crippen LogP contribution in [0.3, 0.4) is 0 Å². The van der Waals surface area contributed by atoms with Gasteiger partial charge in [-0.05, 0) is 6.42 Å². The highest BCUT2D eigenvalue weighted by Gasteiger charge is 2.49. The summed E-state index contributed by atoms with van der Waals surface area (Å²) in [4.78, 5) is 0. The molecule has 12 heavy (non-hydrogen) atoms. The van der Waals surface area contributed by atoms with Gasteiger partial charge in [-0.1, -0.05) is 0 Å². The van der Waals surface area contributed by atoms with Gasteiger partial charge in [-0.15, -0.1) is 0 Å². The monoisotopic (exact) mass is 172 g/mol. The third kappa shape index (κ3) is 1.07. The standard InChI is InChI=1S/C8H14NO3/c10-5-2-1-3-9-4-6(11)8(12)7(5)9/h3,5-8,10-12H,1-2,4H2/q+1/t5-,6-,7-,8-/m1/s1. The van der Waals surface area contributed by atoms with Crippen LogP contribution in [0.1, 0.15) is 12.8 Å². The molecular formula is C8H14NO3+. The number of hydrogen-bond acceptors (Lipinski definition) is 3. The van der Waals surface area contributed by atoms with Crippen LogP contribution in [-0.4, -0.2) is 57.0 Å². The minimum Gasteiger partial charge on any atom is -0.386 e. The first kappa shape index (κ1) is 8.16. The summed E-state index contributed by atoms with van der Waals surface area (Å²) in [6.07, 6.45) is 1.47. The van der Waals surface area contributed by atoms with E-state index in [9.17, 15) is 15.3 Å². The van der Waals surface area contributed by atoms with Crippen molar-refractivity contribution in [1.29, 1.82) is 0 Å². The maximum Gasteiger partial charge on any atom is 0.206 e. The van der Waals surface area contributed by atoms with Crippen LogP contribution in [0.15, 0.2) is 0 Å². The van der Waals surface area contributed by atoms with Crippen molar-refractivity contribution in [2.24, 2.45) is 0 Å². The zero-order chi connectivity index (χ0) is 8.72. The van der Waals surface area contributed by atoms with Crippen LogP contribution < -0.4 is 0 Å². The summed E-state index contributed by atoms with van der Waals surface area (Å²) in [7, 11) is 0. The second-order valence-corrected chi connectivity index (χ2v) is 3.57. The molecule has 0 aliphatic carbocycles. The number of aliphatic hydroxyl groups is 3. The zero-order valence-electron chi connectivity index (χ0n) is 6.80. The molecule has 68 valence electrons. The summed E-state index contributed by atoms with van der Waals surface area (Å²) in [5.74, 6) is 0. The average molecular weight is 172 g/mol. The van der Waals surface area contributed by atoms with E-state index in [2.05, 4.69) is 0 Å². The number of hydrogen-bond donors (Lipinski definition) is 3. The Hall–Kier alpha value is -0.450. The average Bonchev–Trinajstić information content (AvgIpc) is 2.29. The first-order chi connectivity index (χ1) is 5.70. The molecule has 1 fully saturated rings. The Labute approximate surface area is 70.8 Å². The molecule has 0 unspecified atom stereocenters. The van der Waals surface area contributed by atoms with Crippen molar-refractivity contribution in [2.75, 3.05) is 6.54 Å². The van der Waals surface area contributed by atoms with Crippen LogP contribution in [0.2, 0.25) is 0 Å². The van der Waals surface area contributed by atoms with Crippen molar-refractivity contribution in [2.45, 2.75) is 37.2 Å². The van der Waals surface area contributed by atoms with Gasteiger partial charge in [0.15, 0.2) is 6.54 Å². The lowest BCUT2D eigenvalue weighted by atomic mass is 9.99. The Bertz CT molecular complexity index is 216. The Kier molecular flexibility index (Phi) is 1.90. The third-order valence-corrected chi connectivity index (χ3v) is 2.75. The van der Waals surface area contributed by atoms with Crippen LogP contribution in [0.5, 0.6) is 0 Å². The van der Waals surface area contributed by atoms with Crippen LogP contribution in [0, 0.1) is 0 Å². The van der Waals surface area contributed by atoms with Gasteiger partial charge in [0, 0.05) is 6.42 Å². The van der Waals surface area contributed by atoms with Gasteiger partial charge in [0.2, 0.25) is 6.04 Å². The van der Waals surface area contributed by atoms with Gasteiger partial charge in [-0.25, -0.2) is 4.58 Å². The van der Waals surface area contributed by atoms with Gasteiger partial charge in [0.25, 0.3) is 0 Å². The maximum absolute atomic E-state index is 9.53. The van der Waals surface area contributed by atoms with E-state index in [0.29, 0.717) is 13.0 Å². The summed E-state index contributed by atoms with van der Waals surface area (Å²) in [6.45, 7) is 0.447. The zero-order valence-corrected chi connectivity index (χ0v) is 6.80. The third-order valence-electron chi connectivity index (χ3n) is 2.75. The Balaban J connectivity index is 2.24. The SMILES string of the molecule is O[C@H]1[C@H]2[C@H](O)CCC=[N+]2C[C@H]1O. The lowest BCUT2D eigenvalue weighted by Crippen LogP contribution is -2.44. The quantitative estimate of drug-likeness (QED) is 0.383. The second kappa shape index (κ2) is 2.80. The fourth-order valence-electron chi connectivity index (χ4n) is 2.10. The van der Waals surface area contributed by atoms with Crippen molar-refractivity contribution in [3.05, 3.63) is 0 Å². The van der Waals surface area contributed by atoms with E-state index in [4.69, 9.17) is 0 Å². The van der Waals surface area contributed by atoms with Gasteiger partial charge < -0.3 is 15.3 Å². The molecule has 0 aromatic rings. The molecule has 4 heteroatoms. The topological polar surface area (TPSA) is 63.7 Å². The van der Waals surface area contributed by atoms with Crippen LogP contribution in [0.25, 0.3) is 0 Å². The predicted molar refractivity (Wildman–Crippen MR) is 42.2 cm³/mol. The molecule has 0 radical (unpaired) electrons. The molecule has 2 aliphatic rings. The molecule has 2 aliphatic heterocycles. The predicted octanol–water partition coefficient (Wildman–Crippen LogP) is -1.67. The summed E-state index contributed by atoms with van der Waals surface area (Å²) >= 11 is 0. The summed E-state index contributed by atoms with van der Waals surface area (Å²) in [5, 5.41) is 28.3. The lowest BCUT2D eigenvalue weighted by Gasteiger charge is -2.20. The normalized spacial score (nSPS) is 47.1. The maximum atomic E-state index is 9.53. The summed E-state index contributed by atoms with van der Waals surface area (Å²) < 4.78 is 1.85. The van der Waals surface area contributed by atoms with E-state index in [1.54, 1.807) is 0 Å². The fourth-order valence-corrected chi connectivity index (χ4v) is 2.10. The van der Waals surface area contributed by atoms with Crippen LogP contribution in [0.4, 0.5) is 0 Å². The first-order valence-electron chi connectivity index (χ1n) is 4.33. The lowest BCUT2D eigenvalue weighted by molar-refractivity contribution is -0.562. The second-order valence-electron chi connectivity index (χ2n) is 3.57. The molecule has 0 amide bonds. The molecule has 3 N–H and O–H groups in total. The Morgan fingerprint density at radius 1 is 1.17 bits per heavy atom. The first-order valence-corrected chi connectivity index (χ1v) is 4.33. The van der Waals surface area contributed by atoms with Gasteiger partial charge in [0.05, 0.1) is 0 Å². The van der Waals surface area contributed by atoms with Crippen molar-refractivity contribution < 1.29 is 19.9 Å². The van der Waals surface area contributed by atoms with E-state index in [1.807, 2.05) is 10.8 Å². The molecule has 0 aromatic heterocycles. The van der Waals surface area contributed by atoms with E-state index >= 15 is 0 Å². The van der Waals surface area contributed by atoms with Gasteiger partial charge in [-0.2, -0.15) is 0 Å². The van der Waals surface area contributed by atoms with Crippen molar-refractivity contribution in [3.8, 4) is 0 Å². The van der Waals surface area contributed by atoms with Crippen molar-refractivity contribution in [1.82, 2.24) is 0 Å². The number of nitrogens with zero attached hydrogens (tertiary/aromatic N) is 1. The minimum absolute atomic E-state index is 0.284. The summed E-state index contributed by atoms with van der Waals surface area (Å²) in [5.41, 5.74) is 0. The largest absolute Gasteiger partial charge is 0.386 e. The van der Waals surface area contributed by atoms with E-state index < -0.39 is 18.3 Å². The highest BCUT2D eigenvalue weighted by Crippen LogP contribution is 2.22. The molecule has 0 bridgehead atoms. The number of aliphatic hydroxyl groups excluding tert-OH is 3. The molecule has 0 spiro atoms. The molecule has 0 saturated carbocycles. The van der Waals surface area contributed by atoms with Crippen molar-refractivity contribution in [3.63, 3.8) is 0 Å². The van der Waals surface area contributed by atoms with Crippen LogP contribution in [-0.2, 0) is 0 Å². The van der Waals surface area contributed by atoms with Gasteiger partial charge in [0.1, 0.15) is 24.5 Å². The van der Waals surface area contributed by atoms with E-state index in [0.717, 1.165) is 6.42 Å². The molecular weight excluding hydrogens is 158 g/mol. The smallest absolute Gasteiger partial charge is 0.206 e. The molecule has 1 saturated heterocycles. The van der Waals surface area contributed by atoms with Crippen LogP contribution >= 0.6 is 0 Å². The Morgan fingerprint density at radius 2 is 1.92 bits per heavy atom. The Morgan fingerprint density at radius 3 is 2.58 bits per heavy atom. The minimum atomic E-state index is -0.795. The fraction of sp³-hybridized carbons (Fsp3) is 0.875. The number of rotatable bonds is 0. The van der Waals surface area contributed by atoms with Gasteiger partial charge in [-0.3, -0.25) is 0 Å². The number of fused-ring (bicyclic) bond motifs is 1. The van der Waals surface area contributed by atoms with Gasteiger partial charge >= 0.3 is 0 Å².